The molecule has 0 aliphatic carbocycles. The lowest BCUT2D eigenvalue weighted by Gasteiger charge is -2.30. The van der Waals surface area contributed by atoms with Gasteiger partial charge in [-0.2, -0.15) is 5.26 Å². The molecule has 9 nitrogen and oxygen atoms in total. The van der Waals surface area contributed by atoms with Gasteiger partial charge in [0.2, 0.25) is 11.9 Å². The summed E-state index contributed by atoms with van der Waals surface area (Å²) in [5, 5.41) is 15.5. The van der Waals surface area contributed by atoms with Crippen molar-refractivity contribution in [3.63, 3.8) is 0 Å². The Morgan fingerprint density at radius 3 is 2.79 bits per heavy atom. The fourth-order valence-electron chi connectivity index (χ4n) is 3.63. The summed E-state index contributed by atoms with van der Waals surface area (Å²) in [6.45, 7) is 6.33. The fraction of sp³-hybridized carbons (Fsp3) is 0.200. The number of nitriles is 1. The summed E-state index contributed by atoms with van der Waals surface area (Å²) >= 11 is 0. The third-order valence-electron chi connectivity index (χ3n) is 5.28. The monoisotopic (exact) mass is 456 g/mol. The maximum absolute atomic E-state index is 11.7. The lowest BCUT2D eigenvalue weighted by Crippen LogP contribution is -2.36. The van der Waals surface area contributed by atoms with Crippen molar-refractivity contribution in [2.24, 2.45) is 0 Å². The predicted molar refractivity (Wildman–Crippen MR) is 130 cm³/mol. The summed E-state index contributed by atoms with van der Waals surface area (Å²) < 4.78 is 11.0. The molecule has 0 bridgehead atoms. The number of carbonyl (C=O) groups is 1. The number of benzene rings is 2. The molecular weight excluding hydrogens is 432 g/mol. The second-order valence-corrected chi connectivity index (χ2v) is 7.45. The van der Waals surface area contributed by atoms with Crippen molar-refractivity contribution in [1.82, 2.24) is 9.97 Å². The Labute approximate surface area is 197 Å². The van der Waals surface area contributed by atoms with Crippen molar-refractivity contribution in [3.8, 4) is 23.1 Å². The van der Waals surface area contributed by atoms with Crippen molar-refractivity contribution in [1.29, 1.82) is 5.26 Å². The van der Waals surface area contributed by atoms with Gasteiger partial charge in [0.15, 0.2) is 0 Å². The minimum absolute atomic E-state index is 0.321. The summed E-state index contributed by atoms with van der Waals surface area (Å²) in [5.41, 5.74) is 3.76. The van der Waals surface area contributed by atoms with Crippen molar-refractivity contribution in [3.05, 3.63) is 66.9 Å². The van der Waals surface area contributed by atoms with Crippen molar-refractivity contribution in [2.45, 2.75) is 0 Å². The van der Waals surface area contributed by atoms with E-state index in [9.17, 15) is 10.1 Å². The molecule has 2 heterocycles. The zero-order valence-corrected chi connectivity index (χ0v) is 18.7. The summed E-state index contributed by atoms with van der Waals surface area (Å²) in [6, 6.07) is 15.0. The van der Waals surface area contributed by atoms with Gasteiger partial charge in [-0.05, 0) is 36.4 Å². The van der Waals surface area contributed by atoms with Gasteiger partial charge in [-0.15, -0.1) is 0 Å². The Hall–Kier alpha value is -4.42. The summed E-state index contributed by atoms with van der Waals surface area (Å²) in [5.74, 6) is 0.790. The van der Waals surface area contributed by atoms with E-state index in [1.807, 2.05) is 24.3 Å². The molecule has 1 aliphatic heterocycles. The first-order valence-electron chi connectivity index (χ1n) is 10.7. The van der Waals surface area contributed by atoms with Gasteiger partial charge in [-0.1, -0.05) is 18.7 Å². The number of methoxy groups -OCH3 is 1. The molecule has 1 aromatic heterocycles. The number of anilines is 4. The zero-order chi connectivity index (χ0) is 23.9. The van der Waals surface area contributed by atoms with Gasteiger partial charge in [0.25, 0.3) is 0 Å². The number of nitrogens with zero attached hydrogens (tertiary/aromatic N) is 4. The second-order valence-electron chi connectivity index (χ2n) is 7.45. The number of aromatic nitrogens is 2. The smallest absolute Gasteiger partial charge is 0.247 e. The summed E-state index contributed by atoms with van der Waals surface area (Å²) in [7, 11) is 1.65. The highest BCUT2D eigenvalue weighted by Crippen LogP contribution is 2.33. The van der Waals surface area contributed by atoms with E-state index in [4.69, 9.17) is 9.47 Å². The Morgan fingerprint density at radius 2 is 2.06 bits per heavy atom. The predicted octanol–water partition coefficient (Wildman–Crippen LogP) is 3.73. The number of nitrogens with one attached hydrogen (secondary N) is 2. The van der Waals surface area contributed by atoms with Crippen molar-refractivity contribution >= 4 is 28.9 Å². The van der Waals surface area contributed by atoms with Gasteiger partial charge in [0.1, 0.15) is 11.8 Å². The first kappa shape index (κ1) is 22.8. The molecule has 0 spiro atoms. The maximum Gasteiger partial charge on any atom is 0.247 e. The van der Waals surface area contributed by atoms with Crippen LogP contribution in [0.25, 0.3) is 11.3 Å². The average molecular weight is 457 g/mol. The van der Waals surface area contributed by atoms with Crippen molar-refractivity contribution in [2.75, 3.05) is 48.9 Å². The van der Waals surface area contributed by atoms with E-state index < -0.39 is 0 Å². The van der Waals surface area contributed by atoms with Gasteiger partial charge in [0.05, 0.1) is 43.5 Å². The molecule has 0 saturated carbocycles. The molecular formula is C25H24N6O3. The Morgan fingerprint density at radius 1 is 1.24 bits per heavy atom. The molecule has 1 saturated heterocycles. The van der Waals surface area contributed by atoms with Gasteiger partial charge in [-0.3, -0.25) is 4.79 Å². The number of amides is 1. The van der Waals surface area contributed by atoms with Crippen LogP contribution in [0, 0.1) is 11.3 Å². The van der Waals surface area contributed by atoms with Crippen LogP contribution in [0.1, 0.15) is 5.56 Å². The van der Waals surface area contributed by atoms with Crippen LogP contribution in [-0.4, -0.2) is 49.3 Å². The Kier molecular flexibility index (Phi) is 7.01. The van der Waals surface area contributed by atoms with Gasteiger partial charge < -0.3 is 25.0 Å². The Bertz CT molecular complexity index is 1250. The van der Waals surface area contributed by atoms with E-state index in [0.717, 1.165) is 30.2 Å². The molecule has 34 heavy (non-hydrogen) atoms. The molecule has 9 heteroatoms. The molecule has 2 N–H and O–H groups in total. The number of morpholine rings is 1. The first-order valence-corrected chi connectivity index (χ1v) is 10.7. The van der Waals surface area contributed by atoms with Gasteiger partial charge >= 0.3 is 0 Å². The molecule has 0 radical (unpaired) electrons. The van der Waals surface area contributed by atoms with Crippen LogP contribution in [0.5, 0.6) is 5.75 Å². The summed E-state index contributed by atoms with van der Waals surface area (Å²) in [4.78, 5) is 22.8. The lowest BCUT2D eigenvalue weighted by atomic mass is 10.1. The normalized spacial score (nSPS) is 13.0. The quantitative estimate of drug-likeness (QED) is 0.517. The molecule has 2 aromatic carbocycles. The highest BCUT2D eigenvalue weighted by molar-refractivity contribution is 5.99. The number of hydrogen-bond acceptors (Lipinski definition) is 8. The molecule has 1 fully saturated rings. The van der Waals surface area contributed by atoms with Crippen LogP contribution in [0.3, 0.4) is 0 Å². The van der Waals surface area contributed by atoms with Gasteiger partial charge in [-0.25, -0.2) is 9.97 Å². The molecule has 4 rings (SSSR count). The van der Waals surface area contributed by atoms with Crippen LogP contribution in [-0.2, 0) is 9.53 Å². The Balaban J connectivity index is 1.64. The van der Waals surface area contributed by atoms with E-state index in [0.29, 0.717) is 41.7 Å². The molecule has 0 atom stereocenters. The first-order chi connectivity index (χ1) is 16.6. The maximum atomic E-state index is 11.7. The van der Waals surface area contributed by atoms with Crippen LogP contribution >= 0.6 is 0 Å². The molecule has 3 aromatic rings. The van der Waals surface area contributed by atoms with E-state index >= 15 is 0 Å². The number of carbonyl (C=O) groups excluding carboxylic acids is 1. The highest BCUT2D eigenvalue weighted by atomic mass is 16.5. The van der Waals surface area contributed by atoms with E-state index in [2.05, 4.69) is 38.1 Å². The molecule has 172 valence electrons. The number of ether oxygens (including phenoxy) is 2. The second kappa shape index (κ2) is 10.5. The minimum atomic E-state index is -0.321. The van der Waals surface area contributed by atoms with E-state index in [1.165, 1.54) is 12.3 Å². The van der Waals surface area contributed by atoms with E-state index in [-0.39, 0.29) is 5.91 Å². The third-order valence-corrected chi connectivity index (χ3v) is 5.28. The fourth-order valence-corrected chi connectivity index (χ4v) is 3.63. The molecule has 1 aliphatic rings. The molecule has 0 unspecified atom stereocenters. The highest BCUT2D eigenvalue weighted by Gasteiger charge is 2.17. The SMILES string of the molecule is C=CC(=O)Nc1cccc(-c2nc(Nc3ccc(OC)c(N4CCOCC4)c3)ncc2C#N)c1. The lowest BCUT2D eigenvalue weighted by molar-refractivity contribution is -0.111. The third kappa shape index (κ3) is 5.14. The number of hydrogen-bond donors (Lipinski definition) is 2. The number of rotatable bonds is 7. The minimum Gasteiger partial charge on any atom is -0.495 e. The van der Waals surface area contributed by atoms with E-state index in [1.54, 1.807) is 25.3 Å². The standard InChI is InChI=1S/C25H24N6O3/c1-3-23(32)28-19-6-4-5-17(13-19)24-18(15-26)16-27-25(30-24)29-20-7-8-22(33-2)21(14-20)31-9-11-34-12-10-31/h3-8,13-14,16H,1,9-12H2,2H3,(H,28,32)(H,27,29,30). The largest absolute Gasteiger partial charge is 0.495 e. The topological polar surface area (TPSA) is 112 Å². The van der Waals surface area contributed by atoms with Crippen LogP contribution in [0.2, 0.25) is 0 Å². The van der Waals surface area contributed by atoms with Gasteiger partial charge in [0, 0.05) is 30.0 Å². The summed E-state index contributed by atoms with van der Waals surface area (Å²) in [6.07, 6.45) is 2.67. The van der Waals surface area contributed by atoms with Crippen LogP contribution in [0.4, 0.5) is 23.0 Å². The zero-order valence-electron chi connectivity index (χ0n) is 18.7. The van der Waals surface area contributed by atoms with Crippen molar-refractivity contribution < 1.29 is 14.3 Å². The molecule has 1 amide bonds. The van der Waals surface area contributed by atoms with Crippen LogP contribution in [0.15, 0.2) is 61.3 Å². The van der Waals surface area contributed by atoms with Crippen LogP contribution < -0.4 is 20.3 Å². The average Bonchev–Trinajstić information content (AvgIpc) is 2.89.